The first-order chi connectivity index (χ1) is 9.60. The van der Waals surface area contributed by atoms with Gasteiger partial charge in [-0.15, -0.1) is 0 Å². The summed E-state index contributed by atoms with van der Waals surface area (Å²) in [6.07, 6.45) is 1.45. The van der Waals surface area contributed by atoms with Crippen molar-refractivity contribution in [3.05, 3.63) is 46.4 Å². The van der Waals surface area contributed by atoms with Crippen molar-refractivity contribution < 1.29 is 14.1 Å². The van der Waals surface area contributed by atoms with E-state index < -0.39 is 16.4 Å². The highest BCUT2D eigenvalue weighted by Gasteiger charge is 2.17. The van der Waals surface area contributed by atoms with Crippen LogP contribution < -0.4 is 10.1 Å². The quantitative estimate of drug-likeness (QED) is 0.668. The summed E-state index contributed by atoms with van der Waals surface area (Å²) in [6, 6.07) is 4.51. The lowest BCUT2D eigenvalue weighted by atomic mass is 10.3. The number of nitro groups is 1. The molecule has 20 heavy (non-hydrogen) atoms. The molecule has 0 radical (unpaired) electrons. The normalized spacial score (nSPS) is 10.1. The van der Waals surface area contributed by atoms with E-state index in [1.807, 2.05) is 6.92 Å². The number of anilines is 1. The molecule has 0 spiro atoms. The summed E-state index contributed by atoms with van der Waals surface area (Å²) in [5, 5.41) is 13.7. The van der Waals surface area contributed by atoms with E-state index in [0.29, 0.717) is 12.5 Å². The van der Waals surface area contributed by atoms with Crippen molar-refractivity contribution in [2.45, 2.75) is 6.92 Å². The van der Waals surface area contributed by atoms with Gasteiger partial charge in [0.25, 0.3) is 0 Å². The molecule has 2 rings (SSSR count). The molecule has 2 aromatic rings. The van der Waals surface area contributed by atoms with E-state index in [4.69, 9.17) is 4.74 Å². The fourth-order valence-corrected chi connectivity index (χ4v) is 1.47. The zero-order chi connectivity index (χ0) is 14.5. The predicted molar refractivity (Wildman–Crippen MR) is 69.3 cm³/mol. The smallest absolute Gasteiger partial charge is 0.314 e. The Morgan fingerprint density at radius 3 is 2.95 bits per heavy atom. The van der Waals surface area contributed by atoms with E-state index >= 15 is 0 Å². The first kappa shape index (κ1) is 13.7. The molecule has 0 saturated carbocycles. The molecule has 1 aromatic carbocycles. The van der Waals surface area contributed by atoms with Gasteiger partial charge >= 0.3 is 5.69 Å². The third-order valence-corrected chi connectivity index (χ3v) is 2.30. The summed E-state index contributed by atoms with van der Waals surface area (Å²) < 4.78 is 18.3. The first-order valence-corrected chi connectivity index (χ1v) is 5.79. The maximum atomic E-state index is 13.0. The van der Waals surface area contributed by atoms with Gasteiger partial charge in [-0.2, -0.15) is 4.98 Å². The lowest BCUT2D eigenvalue weighted by Gasteiger charge is -2.07. The number of rotatable bonds is 5. The molecule has 8 heteroatoms. The molecule has 1 heterocycles. The van der Waals surface area contributed by atoms with Crippen LogP contribution in [0.5, 0.6) is 11.6 Å². The van der Waals surface area contributed by atoms with E-state index in [0.717, 1.165) is 12.1 Å². The van der Waals surface area contributed by atoms with E-state index in [1.165, 1.54) is 18.3 Å². The van der Waals surface area contributed by atoms with Crippen molar-refractivity contribution in [1.82, 2.24) is 9.97 Å². The predicted octanol–water partition coefficient (Wildman–Crippen LogP) is 2.75. The molecule has 0 bridgehead atoms. The summed E-state index contributed by atoms with van der Waals surface area (Å²) in [4.78, 5) is 18.1. The third-order valence-electron chi connectivity index (χ3n) is 2.30. The molecule has 0 unspecified atom stereocenters. The standard InChI is InChI=1S/C12H11FN4O3/c1-2-14-12-15-6-5-11(16-12)20-10-4-3-8(13)7-9(10)17(18)19/h3-7H,2H2,1H3,(H,14,15,16). The van der Waals surface area contributed by atoms with Crippen molar-refractivity contribution in [2.24, 2.45) is 0 Å². The lowest BCUT2D eigenvalue weighted by Crippen LogP contribution is -2.02. The van der Waals surface area contributed by atoms with Crippen LogP contribution in [0.2, 0.25) is 0 Å². The highest BCUT2D eigenvalue weighted by Crippen LogP contribution is 2.31. The van der Waals surface area contributed by atoms with Crippen LogP contribution >= 0.6 is 0 Å². The van der Waals surface area contributed by atoms with Crippen molar-refractivity contribution in [1.29, 1.82) is 0 Å². The van der Waals surface area contributed by atoms with E-state index in [9.17, 15) is 14.5 Å². The molecule has 1 N–H and O–H groups in total. The number of hydrogen-bond acceptors (Lipinski definition) is 6. The zero-order valence-electron chi connectivity index (χ0n) is 10.5. The molecule has 7 nitrogen and oxygen atoms in total. The SMILES string of the molecule is CCNc1nccc(Oc2ccc(F)cc2[N+](=O)[O-])n1. The summed E-state index contributed by atoms with van der Waals surface area (Å²) in [6.45, 7) is 2.50. The van der Waals surface area contributed by atoms with Gasteiger partial charge in [-0.1, -0.05) is 0 Å². The number of halogens is 1. The van der Waals surface area contributed by atoms with Gasteiger partial charge in [0.05, 0.1) is 11.0 Å². The molecule has 0 amide bonds. The van der Waals surface area contributed by atoms with Crippen LogP contribution in [0.4, 0.5) is 16.0 Å². The van der Waals surface area contributed by atoms with Gasteiger partial charge in [0.15, 0.2) is 0 Å². The number of aromatic nitrogens is 2. The fourth-order valence-electron chi connectivity index (χ4n) is 1.47. The Hall–Kier alpha value is -2.77. The van der Waals surface area contributed by atoms with Crippen molar-refractivity contribution in [3.63, 3.8) is 0 Å². The molecule has 0 aliphatic rings. The summed E-state index contributed by atoms with van der Waals surface area (Å²) >= 11 is 0. The number of hydrogen-bond donors (Lipinski definition) is 1. The van der Waals surface area contributed by atoms with Crippen LogP contribution in [0.3, 0.4) is 0 Å². The van der Waals surface area contributed by atoms with Crippen molar-refractivity contribution >= 4 is 11.6 Å². The van der Waals surface area contributed by atoms with Gasteiger partial charge in [0.2, 0.25) is 17.6 Å². The summed E-state index contributed by atoms with van der Waals surface area (Å²) in [5.41, 5.74) is -0.464. The highest BCUT2D eigenvalue weighted by molar-refractivity contribution is 5.48. The minimum absolute atomic E-state index is 0.0856. The average Bonchev–Trinajstić information content (AvgIpc) is 2.41. The van der Waals surface area contributed by atoms with Gasteiger partial charge in [0, 0.05) is 18.8 Å². The molecular formula is C12H11FN4O3. The monoisotopic (exact) mass is 278 g/mol. The average molecular weight is 278 g/mol. The number of nitrogens with one attached hydrogen (secondary N) is 1. The number of ether oxygens (including phenoxy) is 1. The second-order valence-electron chi connectivity index (χ2n) is 3.72. The van der Waals surface area contributed by atoms with Crippen LogP contribution in [0.15, 0.2) is 30.5 Å². The second-order valence-corrected chi connectivity index (χ2v) is 3.72. The second kappa shape index (κ2) is 5.91. The molecule has 0 atom stereocenters. The van der Waals surface area contributed by atoms with Gasteiger partial charge < -0.3 is 10.1 Å². The van der Waals surface area contributed by atoms with E-state index in [-0.39, 0.29) is 11.6 Å². The molecule has 0 saturated heterocycles. The summed E-state index contributed by atoms with van der Waals surface area (Å²) in [5.74, 6) is -0.321. The zero-order valence-corrected chi connectivity index (χ0v) is 10.5. The number of nitrogens with zero attached hydrogens (tertiary/aromatic N) is 3. The molecule has 0 aliphatic heterocycles. The topological polar surface area (TPSA) is 90.2 Å². The molecule has 1 aromatic heterocycles. The Labute approximate surface area is 113 Å². The van der Waals surface area contributed by atoms with Crippen molar-refractivity contribution in [2.75, 3.05) is 11.9 Å². The Kier molecular flexibility index (Phi) is 4.04. The first-order valence-electron chi connectivity index (χ1n) is 5.79. The number of nitro benzene ring substituents is 1. The van der Waals surface area contributed by atoms with Crippen LogP contribution in [-0.4, -0.2) is 21.4 Å². The molecule has 104 valence electrons. The van der Waals surface area contributed by atoms with E-state index in [1.54, 1.807) is 0 Å². The van der Waals surface area contributed by atoms with Crippen LogP contribution in [0.25, 0.3) is 0 Å². The molecule has 0 fully saturated rings. The Balaban J connectivity index is 2.30. The Bertz CT molecular complexity index is 636. The largest absolute Gasteiger partial charge is 0.432 e. The fraction of sp³-hybridized carbons (Fsp3) is 0.167. The van der Waals surface area contributed by atoms with E-state index in [2.05, 4.69) is 15.3 Å². The Morgan fingerprint density at radius 1 is 1.45 bits per heavy atom. The minimum Gasteiger partial charge on any atom is -0.432 e. The van der Waals surface area contributed by atoms with Gasteiger partial charge in [-0.25, -0.2) is 9.37 Å². The Morgan fingerprint density at radius 2 is 2.25 bits per heavy atom. The maximum absolute atomic E-state index is 13.0. The molecular weight excluding hydrogens is 267 g/mol. The minimum atomic E-state index is -0.717. The highest BCUT2D eigenvalue weighted by atomic mass is 19.1. The third kappa shape index (κ3) is 3.16. The maximum Gasteiger partial charge on any atom is 0.314 e. The van der Waals surface area contributed by atoms with Gasteiger partial charge in [0.1, 0.15) is 5.82 Å². The van der Waals surface area contributed by atoms with Crippen LogP contribution in [0, 0.1) is 15.9 Å². The molecule has 0 aliphatic carbocycles. The summed E-state index contributed by atoms with van der Waals surface area (Å²) in [7, 11) is 0. The van der Waals surface area contributed by atoms with Gasteiger partial charge in [-0.05, 0) is 19.1 Å². The number of benzene rings is 1. The van der Waals surface area contributed by atoms with Crippen LogP contribution in [-0.2, 0) is 0 Å². The van der Waals surface area contributed by atoms with Gasteiger partial charge in [-0.3, -0.25) is 10.1 Å². The van der Waals surface area contributed by atoms with Crippen LogP contribution in [0.1, 0.15) is 6.92 Å². The lowest BCUT2D eigenvalue weighted by molar-refractivity contribution is -0.385. The van der Waals surface area contributed by atoms with Crippen molar-refractivity contribution in [3.8, 4) is 11.6 Å².